The van der Waals surface area contributed by atoms with E-state index in [-0.39, 0.29) is 6.09 Å². The summed E-state index contributed by atoms with van der Waals surface area (Å²) < 4.78 is 22.6. The number of benzene rings is 6. The van der Waals surface area contributed by atoms with Crippen LogP contribution in [0.1, 0.15) is 94.5 Å². The molecule has 0 radical (unpaired) electrons. The van der Waals surface area contributed by atoms with Gasteiger partial charge in [0.2, 0.25) is 0 Å². The first-order valence-electron chi connectivity index (χ1n) is 39.7. The van der Waals surface area contributed by atoms with Gasteiger partial charge in [-0.1, -0.05) is 146 Å². The number of anilines is 3. The smallest absolute Gasteiger partial charge is 0.410 e. The minimum Gasteiger partial charge on any atom is -0.444 e. The van der Waals surface area contributed by atoms with E-state index >= 15 is 0 Å². The fraction of sp³-hybridized carbons (Fsp3) is 0.297. The first-order valence-corrected chi connectivity index (χ1v) is 39.7. The molecule has 3 saturated carbocycles. The molecule has 7 N–H and O–H groups in total. The molecule has 5 aliphatic rings. The van der Waals surface area contributed by atoms with Crippen molar-refractivity contribution < 1.29 is 19.0 Å². The maximum atomic E-state index is 12.5. The Hall–Kier alpha value is -12.1. The molecule has 20 rings (SSSR count). The van der Waals surface area contributed by atoms with Gasteiger partial charge in [0, 0.05) is 176 Å². The largest absolute Gasteiger partial charge is 0.444 e. The van der Waals surface area contributed by atoms with Crippen LogP contribution in [0.5, 0.6) is 0 Å². The molecule has 9 aromatic heterocycles. The molecule has 23 nitrogen and oxygen atoms in total. The third kappa shape index (κ3) is 14.9. The van der Waals surface area contributed by atoms with E-state index in [1.807, 2.05) is 98.9 Å². The molecule has 3 aliphatic carbocycles. The van der Waals surface area contributed by atoms with Gasteiger partial charge in [-0.2, -0.15) is 0 Å². The number of hydrogen-bond acceptors (Lipinski definition) is 19. The number of amides is 1. The van der Waals surface area contributed by atoms with E-state index < -0.39 is 5.60 Å². The SMILES string of the molecule is CC(C)(C)OC(=O)N1CCN(C2CC(c3nc(-c4ccc5ccc(-c6ccccc6)nc5c4)c4c(N)nccn34)C2)CC1.COCCNC1CC(c2nc(-c3ccc4ccc(-c5ccccc5)nc4c3)c3c(N)nccn23)C1.Nc1nccn2c(C3CC(N4CCOCC4)C3)nc(-c3ccc4ccc(-c5ccccc5)nc4c3)c12. The van der Waals surface area contributed by atoms with Crippen molar-refractivity contribution in [3.05, 3.63) is 237 Å². The number of piperazine rings is 1. The fourth-order valence-corrected chi connectivity index (χ4v) is 16.9. The van der Waals surface area contributed by atoms with Gasteiger partial charge in [0.1, 0.15) is 74.2 Å². The summed E-state index contributed by atoms with van der Waals surface area (Å²) in [6, 6.07) is 63.8. The maximum absolute atomic E-state index is 12.5. The van der Waals surface area contributed by atoms with E-state index in [2.05, 4.69) is 171 Å². The van der Waals surface area contributed by atoms with Crippen molar-refractivity contribution in [1.82, 2.24) is 78.1 Å². The van der Waals surface area contributed by atoms with E-state index in [0.29, 0.717) is 66.4 Å². The number of imidazole rings is 3. The predicted molar refractivity (Wildman–Crippen MR) is 450 cm³/mol. The van der Waals surface area contributed by atoms with E-state index in [1.165, 1.54) is 0 Å². The van der Waals surface area contributed by atoms with Crippen LogP contribution in [-0.4, -0.2) is 175 Å². The Morgan fingerprint density at radius 2 is 0.807 bits per heavy atom. The van der Waals surface area contributed by atoms with Gasteiger partial charge in [-0.15, -0.1) is 0 Å². The van der Waals surface area contributed by atoms with Gasteiger partial charge in [-0.3, -0.25) is 23.0 Å². The summed E-state index contributed by atoms with van der Waals surface area (Å²) in [5, 5.41) is 6.81. The van der Waals surface area contributed by atoms with Crippen LogP contribution < -0.4 is 22.5 Å². The predicted octanol–water partition coefficient (Wildman–Crippen LogP) is 15.4. The maximum Gasteiger partial charge on any atom is 0.410 e. The summed E-state index contributed by atoms with van der Waals surface area (Å²) in [4.78, 5) is 63.0. The number of hydrogen-bond donors (Lipinski definition) is 4. The zero-order chi connectivity index (χ0) is 77.6. The van der Waals surface area contributed by atoms with Crippen LogP contribution in [0.15, 0.2) is 219 Å². The van der Waals surface area contributed by atoms with Crippen molar-refractivity contribution in [1.29, 1.82) is 0 Å². The highest BCUT2D eigenvalue weighted by Gasteiger charge is 2.41. The Balaban J connectivity index is 0.000000120. The van der Waals surface area contributed by atoms with E-state index in [1.54, 1.807) is 25.7 Å². The number of methoxy groups -OCH3 is 1. The second-order valence-electron chi connectivity index (χ2n) is 31.6. The third-order valence-electron chi connectivity index (χ3n) is 23.2. The number of morpholine rings is 1. The quantitative estimate of drug-likeness (QED) is 0.0694. The zero-order valence-electron chi connectivity index (χ0n) is 64.6. The minimum atomic E-state index is -0.478. The molecule has 23 heteroatoms. The number of nitrogen functional groups attached to an aromatic ring is 3. The Morgan fingerprint density at radius 3 is 1.18 bits per heavy atom. The van der Waals surface area contributed by atoms with Crippen molar-refractivity contribution in [3.8, 4) is 67.5 Å². The molecule has 2 saturated heterocycles. The Kier molecular flexibility index (Phi) is 20.2. The first kappa shape index (κ1) is 73.4. The molecular formula is C91H93N19O4. The van der Waals surface area contributed by atoms with Crippen molar-refractivity contribution in [2.45, 2.75) is 101 Å². The molecule has 6 aromatic carbocycles. The first-order chi connectivity index (χ1) is 55.7. The Morgan fingerprint density at radius 1 is 0.447 bits per heavy atom. The van der Waals surface area contributed by atoms with Crippen LogP contribution in [0.25, 0.3) is 117 Å². The van der Waals surface area contributed by atoms with Crippen LogP contribution in [0.3, 0.4) is 0 Å². The Labute approximate surface area is 661 Å². The van der Waals surface area contributed by atoms with Crippen molar-refractivity contribution in [2.75, 3.05) is 89.9 Å². The Bertz CT molecular complexity index is 6000. The lowest BCUT2D eigenvalue weighted by atomic mass is 9.78. The molecular weight excluding hydrogens is 1420 g/mol. The summed E-state index contributed by atoms with van der Waals surface area (Å²) in [7, 11) is 1.73. The molecule has 2 aliphatic heterocycles. The lowest BCUT2D eigenvalue weighted by molar-refractivity contribution is -0.00778. The van der Waals surface area contributed by atoms with E-state index in [9.17, 15) is 4.79 Å². The van der Waals surface area contributed by atoms with Crippen molar-refractivity contribution in [2.24, 2.45) is 0 Å². The number of nitrogens with zero attached hydrogens (tertiary/aromatic N) is 15. The lowest BCUT2D eigenvalue weighted by Gasteiger charge is -2.46. The molecule has 5 fully saturated rings. The molecule has 576 valence electrons. The van der Waals surface area contributed by atoms with Gasteiger partial charge in [-0.25, -0.2) is 49.7 Å². The van der Waals surface area contributed by atoms with Crippen molar-refractivity contribution in [3.63, 3.8) is 0 Å². The molecule has 0 atom stereocenters. The van der Waals surface area contributed by atoms with Crippen LogP contribution in [0.2, 0.25) is 0 Å². The number of pyridine rings is 3. The second-order valence-corrected chi connectivity index (χ2v) is 31.6. The van der Waals surface area contributed by atoms with Crippen LogP contribution in [-0.2, 0) is 14.2 Å². The van der Waals surface area contributed by atoms with Crippen LogP contribution in [0, 0.1) is 0 Å². The molecule has 0 unspecified atom stereocenters. The van der Waals surface area contributed by atoms with Gasteiger partial charge in [0.15, 0.2) is 0 Å². The van der Waals surface area contributed by atoms with E-state index in [4.69, 9.17) is 61.3 Å². The molecule has 1 amide bonds. The highest BCUT2D eigenvalue weighted by Crippen LogP contribution is 2.46. The summed E-state index contributed by atoms with van der Waals surface area (Å²) in [6.07, 6.45) is 17.3. The number of rotatable bonds is 15. The van der Waals surface area contributed by atoms with Gasteiger partial charge in [-0.05, 0) is 95.7 Å². The number of carbonyl (C=O) groups is 1. The fourth-order valence-electron chi connectivity index (χ4n) is 16.9. The monoisotopic (exact) mass is 1520 g/mol. The van der Waals surface area contributed by atoms with Gasteiger partial charge >= 0.3 is 6.09 Å². The molecule has 0 spiro atoms. The van der Waals surface area contributed by atoms with Gasteiger partial charge in [0.25, 0.3) is 0 Å². The number of nitrogens with two attached hydrogens (primary N) is 3. The number of aromatic nitrogens is 12. The minimum absolute atomic E-state index is 0.221. The average Bonchev–Trinajstić information content (AvgIpc) is 1.61. The van der Waals surface area contributed by atoms with Gasteiger partial charge < -0.3 is 41.6 Å². The highest BCUT2D eigenvalue weighted by molar-refractivity contribution is 5.95. The highest BCUT2D eigenvalue weighted by atomic mass is 16.6. The molecule has 0 bridgehead atoms. The normalized spacial score (nSPS) is 19.2. The summed E-state index contributed by atoms with van der Waals surface area (Å²) >= 11 is 0. The standard InChI is InChI=1S/C34H37N7O2.C29H28N6O.C28H28N6O/c1-34(2,3)43-33(42)40-17-15-39(16-18-40)26-19-25(20-26)32-38-29(30-31(35)36-13-14-41(30)32)24-10-9-23-11-12-27(37-28(23)21-24)22-7-5-4-6-8-22;30-28-27-26(21-7-6-20-8-9-24(32-25(20)18-21)19-4-2-1-3-5-19)33-29(35(27)11-10-31-28)22-16-23(17-22)34-12-14-36-15-13-34;1-35-14-12-30-22-15-21(16-22)28-33-25(26-27(29)31-11-13-34(26)28)20-8-7-19-9-10-23(32-24(19)17-20)18-5-3-2-4-6-18/h4-14,21,25-26H,15-20H2,1-3H3,(H2,35,36);1-11,18,22-23H,12-17H2,(H2,30,31);2-11,13,17,21-22,30H,12,14-16H2,1H3,(H2,29,31). The third-order valence-corrected chi connectivity index (χ3v) is 23.2. The molecule has 11 heterocycles. The lowest BCUT2D eigenvalue weighted by Crippen LogP contribution is -2.55. The second kappa shape index (κ2) is 31.5. The van der Waals surface area contributed by atoms with Gasteiger partial charge in [0.05, 0.1) is 53.5 Å². The number of ether oxygens (including phenoxy) is 3. The van der Waals surface area contributed by atoms with Crippen molar-refractivity contribution >= 4 is 72.8 Å². The van der Waals surface area contributed by atoms with Crippen LogP contribution >= 0.6 is 0 Å². The van der Waals surface area contributed by atoms with E-state index in [0.717, 1.165) is 225 Å². The molecule has 15 aromatic rings. The summed E-state index contributed by atoms with van der Waals surface area (Å²) in [5.74, 6) is 5.70. The topological polar surface area (TPSA) is 274 Å². The number of nitrogens with one attached hydrogen (secondary N) is 1. The number of carbonyl (C=O) groups excluding carboxylic acids is 1. The zero-order valence-corrected chi connectivity index (χ0v) is 64.6. The number of fused-ring (bicyclic) bond motifs is 6. The average molecular weight is 1520 g/mol. The summed E-state index contributed by atoms with van der Waals surface area (Å²) in [5.41, 5.74) is 35.8. The summed E-state index contributed by atoms with van der Waals surface area (Å²) in [6.45, 7) is 14.1. The molecule has 114 heavy (non-hydrogen) atoms. The van der Waals surface area contributed by atoms with Crippen LogP contribution in [0.4, 0.5) is 22.2 Å².